The van der Waals surface area contributed by atoms with E-state index < -0.39 is 0 Å². The van der Waals surface area contributed by atoms with Gasteiger partial charge in [-0.2, -0.15) is 0 Å². The van der Waals surface area contributed by atoms with Crippen molar-refractivity contribution < 1.29 is 14.3 Å². The first-order valence-corrected chi connectivity index (χ1v) is 7.48. The minimum absolute atomic E-state index is 0.0143. The summed E-state index contributed by atoms with van der Waals surface area (Å²) in [6.07, 6.45) is 0. The number of carbonyl (C=O) groups excluding carboxylic acids is 1. The highest BCUT2D eigenvalue weighted by Crippen LogP contribution is 2.32. The van der Waals surface area contributed by atoms with Crippen LogP contribution < -0.4 is 26.1 Å². The van der Waals surface area contributed by atoms with Gasteiger partial charge in [-0.15, -0.1) is 0 Å². The van der Waals surface area contributed by atoms with Gasteiger partial charge in [0.1, 0.15) is 19.8 Å². The second kappa shape index (κ2) is 6.23. The maximum atomic E-state index is 12.2. The smallest absolute Gasteiger partial charge is 0.258 e. The molecule has 1 aliphatic heterocycles. The van der Waals surface area contributed by atoms with Gasteiger partial charge in [0.05, 0.1) is 0 Å². The molecule has 8 heteroatoms. The Kier molecular flexibility index (Phi) is 4.11. The van der Waals surface area contributed by atoms with Gasteiger partial charge in [-0.3, -0.25) is 14.2 Å². The molecule has 1 aromatic carbocycles. The molecule has 0 unspecified atom stereocenters. The highest BCUT2D eigenvalue weighted by Gasteiger charge is 2.15. The summed E-state index contributed by atoms with van der Waals surface area (Å²) in [7, 11) is 0. The molecule has 2 aromatic rings. The zero-order valence-corrected chi connectivity index (χ0v) is 13.5. The van der Waals surface area contributed by atoms with Gasteiger partial charge < -0.3 is 20.5 Å². The predicted octanol–water partition coefficient (Wildman–Crippen LogP) is 0.852. The number of aromatic nitrogens is 2. The Morgan fingerprint density at radius 2 is 2.00 bits per heavy atom. The van der Waals surface area contributed by atoms with E-state index in [-0.39, 0.29) is 24.0 Å². The quantitative estimate of drug-likeness (QED) is 0.864. The van der Waals surface area contributed by atoms with E-state index in [9.17, 15) is 9.59 Å². The van der Waals surface area contributed by atoms with Crippen molar-refractivity contribution in [1.82, 2.24) is 9.55 Å². The number of hydrogen-bond donors (Lipinski definition) is 2. The summed E-state index contributed by atoms with van der Waals surface area (Å²) >= 11 is 0. The Bertz CT molecular complexity index is 860. The minimum atomic E-state index is -0.384. The first-order valence-electron chi connectivity index (χ1n) is 7.48. The van der Waals surface area contributed by atoms with Crippen molar-refractivity contribution in [2.45, 2.75) is 20.4 Å². The van der Waals surface area contributed by atoms with Gasteiger partial charge in [-0.05, 0) is 26.0 Å². The number of carbonyl (C=O) groups is 1. The van der Waals surface area contributed by atoms with E-state index in [0.717, 1.165) is 4.57 Å². The van der Waals surface area contributed by atoms with Crippen LogP contribution in [0.5, 0.6) is 11.5 Å². The van der Waals surface area contributed by atoms with Gasteiger partial charge in [-0.1, -0.05) is 0 Å². The summed E-state index contributed by atoms with van der Waals surface area (Å²) in [4.78, 5) is 28.5. The number of rotatable bonds is 3. The summed E-state index contributed by atoms with van der Waals surface area (Å²) in [5.41, 5.74) is 7.01. The lowest BCUT2D eigenvalue weighted by Crippen LogP contribution is -2.32. The lowest BCUT2D eigenvalue weighted by molar-refractivity contribution is -0.116. The van der Waals surface area contributed by atoms with Gasteiger partial charge >= 0.3 is 0 Å². The normalized spacial score (nSPS) is 12.8. The molecule has 0 aliphatic carbocycles. The average Bonchev–Trinajstić information content (AvgIpc) is 2.57. The summed E-state index contributed by atoms with van der Waals surface area (Å²) in [5, 5.41) is 2.71. The number of nitrogen functional groups attached to an aromatic ring is 1. The number of nitrogens with two attached hydrogens (primary N) is 1. The largest absolute Gasteiger partial charge is 0.486 e. The van der Waals surface area contributed by atoms with E-state index in [1.54, 1.807) is 32.0 Å². The number of anilines is 2. The van der Waals surface area contributed by atoms with Crippen LogP contribution in [-0.4, -0.2) is 28.7 Å². The average molecular weight is 330 g/mol. The number of hydrogen-bond acceptors (Lipinski definition) is 6. The maximum absolute atomic E-state index is 12.2. The van der Waals surface area contributed by atoms with Crippen molar-refractivity contribution in [3.8, 4) is 11.5 Å². The fraction of sp³-hybridized carbons (Fsp3) is 0.312. The van der Waals surface area contributed by atoms with Gasteiger partial charge in [0.25, 0.3) is 5.56 Å². The molecule has 8 nitrogen and oxygen atoms in total. The van der Waals surface area contributed by atoms with Crippen molar-refractivity contribution in [1.29, 1.82) is 0 Å². The van der Waals surface area contributed by atoms with Crippen LogP contribution in [0.4, 0.5) is 11.6 Å². The Morgan fingerprint density at radius 3 is 2.75 bits per heavy atom. The molecule has 1 aromatic heterocycles. The summed E-state index contributed by atoms with van der Waals surface area (Å²) in [5.74, 6) is 0.840. The number of amides is 1. The number of ether oxygens (including phenoxy) is 2. The molecule has 0 bridgehead atoms. The van der Waals surface area contributed by atoms with Crippen LogP contribution in [0.3, 0.4) is 0 Å². The number of aryl methyl sites for hydroxylation is 1. The van der Waals surface area contributed by atoms with Crippen molar-refractivity contribution >= 4 is 17.5 Å². The second-order valence-corrected chi connectivity index (χ2v) is 5.48. The maximum Gasteiger partial charge on any atom is 0.258 e. The molecule has 0 spiro atoms. The van der Waals surface area contributed by atoms with Gasteiger partial charge in [0, 0.05) is 23.0 Å². The van der Waals surface area contributed by atoms with Crippen LogP contribution in [0.15, 0.2) is 23.0 Å². The predicted molar refractivity (Wildman–Crippen MR) is 88.4 cm³/mol. The molecular weight excluding hydrogens is 312 g/mol. The molecule has 0 saturated carbocycles. The Hall–Kier alpha value is -3.03. The van der Waals surface area contributed by atoms with Crippen LogP contribution in [0.25, 0.3) is 0 Å². The Balaban J connectivity index is 1.77. The first-order chi connectivity index (χ1) is 11.5. The lowest BCUT2D eigenvalue weighted by Gasteiger charge is -2.19. The van der Waals surface area contributed by atoms with Crippen molar-refractivity contribution in [2.75, 3.05) is 24.3 Å². The molecule has 0 radical (unpaired) electrons. The fourth-order valence-electron chi connectivity index (χ4n) is 2.40. The third-order valence-corrected chi connectivity index (χ3v) is 3.80. The first kappa shape index (κ1) is 15.9. The lowest BCUT2D eigenvalue weighted by atomic mass is 10.2. The third-order valence-electron chi connectivity index (χ3n) is 3.80. The molecule has 3 rings (SSSR count). The molecule has 2 heterocycles. The highest BCUT2D eigenvalue weighted by molar-refractivity contribution is 5.91. The molecule has 3 N–H and O–H groups in total. The van der Waals surface area contributed by atoms with Crippen LogP contribution in [-0.2, 0) is 11.3 Å². The number of nitrogens with one attached hydrogen (secondary N) is 1. The zero-order valence-electron chi connectivity index (χ0n) is 13.5. The molecule has 0 atom stereocenters. The van der Waals surface area contributed by atoms with E-state index in [4.69, 9.17) is 15.2 Å². The Labute approximate surface area is 138 Å². The van der Waals surface area contributed by atoms with Crippen molar-refractivity contribution in [3.63, 3.8) is 0 Å². The van der Waals surface area contributed by atoms with Crippen molar-refractivity contribution in [3.05, 3.63) is 39.8 Å². The van der Waals surface area contributed by atoms with Crippen LogP contribution in [0.1, 0.15) is 11.3 Å². The summed E-state index contributed by atoms with van der Waals surface area (Å²) in [6.45, 7) is 4.10. The molecule has 0 fully saturated rings. The SMILES string of the molecule is Cc1nc(N)n(CC(=O)Nc2ccc3c(c2)OCCO3)c(=O)c1C. The van der Waals surface area contributed by atoms with Crippen LogP contribution in [0, 0.1) is 13.8 Å². The van der Waals surface area contributed by atoms with E-state index in [1.807, 2.05) is 0 Å². The van der Waals surface area contributed by atoms with E-state index >= 15 is 0 Å². The molecule has 1 aliphatic rings. The molecular formula is C16H18N4O4. The topological polar surface area (TPSA) is 108 Å². The minimum Gasteiger partial charge on any atom is -0.486 e. The zero-order chi connectivity index (χ0) is 17.3. The number of fused-ring (bicyclic) bond motifs is 1. The van der Waals surface area contributed by atoms with Gasteiger partial charge in [0.2, 0.25) is 11.9 Å². The Morgan fingerprint density at radius 1 is 1.29 bits per heavy atom. The van der Waals surface area contributed by atoms with E-state index in [1.165, 1.54) is 0 Å². The molecule has 126 valence electrons. The van der Waals surface area contributed by atoms with Crippen molar-refractivity contribution in [2.24, 2.45) is 0 Å². The molecule has 0 saturated heterocycles. The standard InChI is InChI=1S/C16H18N4O4/c1-9-10(2)18-16(17)20(15(9)22)8-14(21)19-11-3-4-12-13(7-11)24-6-5-23-12/h3-4,7H,5-6,8H2,1-2H3,(H2,17,18)(H,19,21). The number of nitrogens with zero attached hydrogens (tertiary/aromatic N) is 2. The molecule has 24 heavy (non-hydrogen) atoms. The summed E-state index contributed by atoms with van der Waals surface area (Å²) < 4.78 is 12.0. The summed E-state index contributed by atoms with van der Waals surface area (Å²) in [6, 6.07) is 5.11. The van der Waals surface area contributed by atoms with E-state index in [2.05, 4.69) is 10.3 Å². The monoisotopic (exact) mass is 330 g/mol. The van der Waals surface area contributed by atoms with Crippen LogP contribution in [0.2, 0.25) is 0 Å². The van der Waals surface area contributed by atoms with Gasteiger partial charge in [0.15, 0.2) is 11.5 Å². The highest BCUT2D eigenvalue weighted by atomic mass is 16.6. The second-order valence-electron chi connectivity index (χ2n) is 5.48. The fourth-order valence-corrected chi connectivity index (χ4v) is 2.40. The van der Waals surface area contributed by atoms with Gasteiger partial charge in [-0.25, -0.2) is 4.98 Å². The molecule has 1 amide bonds. The van der Waals surface area contributed by atoms with E-state index in [0.29, 0.717) is 41.7 Å². The number of benzene rings is 1. The van der Waals surface area contributed by atoms with Crippen LogP contribution >= 0.6 is 0 Å². The third kappa shape index (κ3) is 3.03.